The SMILES string of the molecule is C[C@@H]1CCC2[C@@H](C)C(=O)O[C@@H]3OC(C)(C)CCC1[C@@]23OO. The molecule has 3 rings (SSSR count). The summed E-state index contributed by atoms with van der Waals surface area (Å²) in [5.74, 6) is -0.0123. The summed E-state index contributed by atoms with van der Waals surface area (Å²) in [6.45, 7) is 8.06. The molecule has 120 valence electrons. The van der Waals surface area contributed by atoms with Gasteiger partial charge in [-0.2, -0.15) is 0 Å². The molecule has 3 aliphatic rings. The van der Waals surface area contributed by atoms with Gasteiger partial charge < -0.3 is 9.47 Å². The molecule has 0 amide bonds. The van der Waals surface area contributed by atoms with Crippen LogP contribution in [0.4, 0.5) is 0 Å². The standard InChI is InChI=1S/C16H26O5/c1-9-5-6-12-10(2)13(17)19-14-16(12,21-18)11(9)7-8-15(3,4)20-14/h9-12,14,18H,5-8H2,1-4H3/t9-,10-,11?,12?,14-,16-/m1/s1. The van der Waals surface area contributed by atoms with E-state index in [1.807, 2.05) is 20.8 Å². The smallest absolute Gasteiger partial charge is 0.311 e. The van der Waals surface area contributed by atoms with Gasteiger partial charge in [0.2, 0.25) is 6.29 Å². The van der Waals surface area contributed by atoms with Crippen molar-refractivity contribution in [2.45, 2.75) is 70.9 Å². The van der Waals surface area contributed by atoms with Gasteiger partial charge in [-0.05, 0) is 45.4 Å². The lowest BCUT2D eigenvalue weighted by atomic mass is 9.58. The fourth-order valence-corrected chi connectivity index (χ4v) is 4.70. The molecule has 1 saturated carbocycles. The van der Waals surface area contributed by atoms with E-state index in [4.69, 9.17) is 14.4 Å². The van der Waals surface area contributed by atoms with E-state index in [1.165, 1.54) is 0 Å². The summed E-state index contributed by atoms with van der Waals surface area (Å²) in [6, 6.07) is 0. The van der Waals surface area contributed by atoms with Crippen molar-refractivity contribution >= 4 is 5.97 Å². The lowest BCUT2D eigenvalue weighted by molar-refractivity contribution is -0.427. The first kappa shape index (κ1) is 15.3. The van der Waals surface area contributed by atoms with Crippen molar-refractivity contribution in [1.82, 2.24) is 0 Å². The average molecular weight is 298 g/mol. The van der Waals surface area contributed by atoms with Crippen LogP contribution >= 0.6 is 0 Å². The number of esters is 1. The largest absolute Gasteiger partial charge is 0.432 e. The van der Waals surface area contributed by atoms with Crippen molar-refractivity contribution in [3.8, 4) is 0 Å². The topological polar surface area (TPSA) is 65.0 Å². The quantitative estimate of drug-likeness (QED) is 0.458. The molecular formula is C16H26O5. The zero-order valence-electron chi connectivity index (χ0n) is 13.3. The van der Waals surface area contributed by atoms with E-state index in [0.29, 0.717) is 5.92 Å². The van der Waals surface area contributed by atoms with Gasteiger partial charge >= 0.3 is 5.97 Å². The molecule has 2 saturated heterocycles. The fourth-order valence-electron chi connectivity index (χ4n) is 4.70. The Labute approximate surface area is 125 Å². The van der Waals surface area contributed by atoms with E-state index in [2.05, 4.69) is 6.92 Å². The van der Waals surface area contributed by atoms with Crippen molar-refractivity contribution in [3.05, 3.63) is 0 Å². The van der Waals surface area contributed by atoms with Gasteiger partial charge in [0, 0.05) is 11.8 Å². The first-order valence-corrected chi connectivity index (χ1v) is 8.02. The molecule has 0 radical (unpaired) electrons. The van der Waals surface area contributed by atoms with Gasteiger partial charge in [0.25, 0.3) is 0 Å². The molecule has 1 aliphatic carbocycles. The third kappa shape index (κ3) is 2.13. The van der Waals surface area contributed by atoms with Crippen molar-refractivity contribution in [2.75, 3.05) is 0 Å². The highest BCUT2D eigenvalue weighted by atomic mass is 17.1. The normalized spacial score (nSPS) is 49.0. The minimum Gasteiger partial charge on any atom is -0.432 e. The van der Waals surface area contributed by atoms with Crippen LogP contribution in [0.2, 0.25) is 0 Å². The molecule has 0 aromatic heterocycles. The van der Waals surface area contributed by atoms with Crippen LogP contribution < -0.4 is 0 Å². The predicted octanol–water partition coefficient (Wildman–Crippen LogP) is 2.99. The fraction of sp³-hybridized carbons (Fsp3) is 0.938. The zero-order valence-corrected chi connectivity index (χ0v) is 13.3. The van der Waals surface area contributed by atoms with Gasteiger partial charge in [-0.15, -0.1) is 0 Å². The second-order valence-corrected chi connectivity index (χ2v) is 7.69. The molecule has 2 heterocycles. The van der Waals surface area contributed by atoms with Crippen molar-refractivity contribution in [3.63, 3.8) is 0 Å². The van der Waals surface area contributed by atoms with Gasteiger partial charge in [0.05, 0.1) is 11.5 Å². The highest BCUT2D eigenvalue weighted by Gasteiger charge is 2.66. The highest BCUT2D eigenvalue weighted by Crippen LogP contribution is 2.56. The number of hydrogen-bond acceptors (Lipinski definition) is 5. The Kier molecular flexibility index (Phi) is 3.58. The van der Waals surface area contributed by atoms with Crippen LogP contribution in [0.3, 0.4) is 0 Å². The summed E-state index contributed by atoms with van der Waals surface area (Å²) in [5.41, 5.74) is -1.31. The van der Waals surface area contributed by atoms with E-state index in [-0.39, 0.29) is 23.7 Å². The van der Waals surface area contributed by atoms with Crippen molar-refractivity contribution in [1.29, 1.82) is 0 Å². The lowest BCUT2D eigenvalue weighted by Crippen LogP contribution is -2.66. The minimum atomic E-state index is -0.918. The summed E-state index contributed by atoms with van der Waals surface area (Å²) in [4.78, 5) is 17.3. The molecule has 5 nitrogen and oxygen atoms in total. The van der Waals surface area contributed by atoms with Crippen LogP contribution in [0.5, 0.6) is 0 Å². The Balaban J connectivity index is 2.09. The molecule has 3 fully saturated rings. The maximum Gasteiger partial charge on any atom is 0.311 e. The van der Waals surface area contributed by atoms with E-state index in [9.17, 15) is 10.1 Å². The van der Waals surface area contributed by atoms with Crippen LogP contribution in [0.25, 0.3) is 0 Å². The van der Waals surface area contributed by atoms with E-state index in [1.54, 1.807) is 0 Å². The molecule has 2 aliphatic heterocycles. The Bertz CT molecular complexity index is 434. The van der Waals surface area contributed by atoms with Gasteiger partial charge in [0.1, 0.15) is 0 Å². The van der Waals surface area contributed by atoms with E-state index >= 15 is 0 Å². The third-order valence-corrected chi connectivity index (χ3v) is 5.99. The zero-order chi connectivity index (χ0) is 15.4. The molecule has 0 aromatic carbocycles. The number of ether oxygens (including phenoxy) is 2. The minimum absolute atomic E-state index is 0.0520. The van der Waals surface area contributed by atoms with Crippen molar-refractivity contribution in [2.24, 2.45) is 23.7 Å². The monoisotopic (exact) mass is 298 g/mol. The van der Waals surface area contributed by atoms with Gasteiger partial charge in [-0.25, -0.2) is 4.89 Å². The number of carbonyl (C=O) groups excluding carboxylic acids is 1. The Morgan fingerprint density at radius 3 is 2.57 bits per heavy atom. The maximum absolute atomic E-state index is 12.2. The van der Waals surface area contributed by atoms with E-state index in [0.717, 1.165) is 25.7 Å². The van der Waals surface area contributed by atoms with Crippen LogP contribution in [-0.4, -0.2) is 28.7 Å². The molecule has 21 heavy (non-hydrogen) atoms. The van der Waals surface area contributed by atoms with Crippen LogP contribution in [0.15, 0.2) is 0 Å². The summed E-state index contributed by atoms with van der Waals surface area (Å²) >= 11 is 0. The second-order valence-electron chi connectivity index (χ2n) is 7.69. The van der Waals surface area contributed by atoms with Crippen LogP contribution in [0, 0.1) is 23.7 Å². The highest BCUT2D eigenvalue weighted by molar-refractivity contribution is 5.74. The van der Waals surface area contributed by atoms with Gasteiger partial charge in [0.15, 0.2) is 5.60 Å². The first-order valence-electron chi connectivity index (χ1n) is 8.02. The van der Waals surface area contributed by atoms with Crippen LogP contribution in [0.1, 0.15) is 53.4 Å². The molecule has 0 bridgehead atoms. The Morgan fingerprint density at radius 2 is 1.90 bits per heavy atom. The molecule has 2 unspecified atom stereocenters. The van der Waals surface area contributed by atoms with Crippen molar-refractivity contribution < 1.29 is 24.4 Å². The molecular weight excluding hydrogens is 272 g/mol. The predicted molar refractivity (Wildman–Crippen MR) is 75.3 cm³/mol. The molecule has 6 atom stereocenters. The summed E-state index contributed by atoms with van der Waals surface area (Å²) in [5, 5.41) is 9.83. The Hall–Kier alpha value is -0.650. The molecule has 0 aromatic rings. The first-order chi connectivity index (χ1) is 9.82. The Morgan fingerprint density at radius 1 is 1.19 bits per heavy atom. The summed E-state index contributed by atoms with van der Waals surface area (Å²) in [7, 11) is 0. The number of rotatable bonds is 1. The molecule has 1 N–H and O–H groups in total. The maximum atomic E-state index is 12.2. The average Bonchev–Trinajstić information content (AvgIpc) is 2.53. The lowest BCUT2D eigenvalue weighted by Gasteiger charge is -2.55. The van der Waals surface area contributed by atoms with E-state index < -0.39 is 17.5 Å². The summed E-state index contributed by atoms with van der Waals surface area (Å²) < 4.78 is 11.6. The van der Waals surface area contributed by atoms with Gasteiger partial charge in [-0.3, -0.25) is 10.1 Å². The third-order valence-electron chi connectivity index (χ3n) is 5.99. The molecule has 0 spiro atoms. The summed E-state index contributed by atoms with van der Waals surface area (Å²) in [6.07, 6.45) is 2.86. The molecule has 5 heteroatoms. The number of carbonyl (C=O) groups is 1. The van der Waals surface area contributed by atoms with Gasteiger partial charge in [-0.1, -0.05) is 13.8 Å². The second kappa shape index (κ2) is 4.93. The van der Waals surface area contributed by atoms with Crippen LogP contribution in [-0.2, 0) is 19.2 Å². The number of hydrogen-bond donors (Lipinski definition) is 1.